The summed E-state index contributed by atoms with van der Waals surface area (Å²) in [5.41, 5.74) is 0. The van der Waals surface area contributed by atoms with Crippen LogP contribution in [0.2, 0.25) is 0 Å². The van der Waals surface area contributed by atoms with Crippen LogP contribution in [0.3, 0.4) is 0 Å². The molecule has 0 N–H and O–H groups in total. The number of hydrogen-bond acceptors (Lipinski definition) is 0. The molecule has 0 amide bonds. The van der Waals surface area contributed by atoms with Gasteiger partial charge in [0.1, 0.15) is 13.1 Å². The van der Waals surface area contributed by atoms with Gasteiger partial charge in [-0.3, -0.25) is 0 Å². The molecule has 0 saturated heterocycles. The second-order valence-corrected chi connectivity index (χ2v) is 16.2. The summed E-state index contributed by atoms with van der Waals surface area (Å²) in [6, 6.07) is 0. The van der Waals surface area contributed by atoms with Crippen LogP contribution in [0.25, 0.3) is 9.69 Å². The third-order valence-corrected chi connectivity index (χ3v) is 11.1. The Kier molecular flexibility index (Phi) is 35.9. The maximum Gasteiger partial charge on any atom is 0.262 e. The van der Waals surface area contributed by atoms with E-state index in [1.54, 1.807) is 0 Å². The third kappa shape index (κ3) is 33.5. The van der Waals surface area contributed by atoms with Crippen molar-refractivity contribution < 1.29 is 8.97 Å². The number of quaternary nitrogens is 2. The van der Waals surface area contributed by atoms with Gasteiger partial charge in [-0.25, -0.2) is 13.1 Å². The van der Waals surface area contributed by atoms with E-state index in [9.17, 15) is 0 Å². The molecule has 0 rings (SSSR count). The van der Waals surface area contributed by atoms with Crippen molar-refractivity contribution in [1.29, 1.82) is 0 Å². The Balaban J connectivity index is 4.22. The van der Waals surface area contributed by atoms with Crippen molar-refractivity contribution in [2.24, 2.45) is 0 Å². The van der Waals surface area contributed by atoms with Crippen LogP contribution < -0.4 is 0 Å². The third-order valence-electron chi connectivity index (χ3n) is 11.1. The Bertz CT molecular complexity index is 781. The minimum Gasteiger partial charge on any atom is -0.315 e. The van der Waals surface area contributed by atoms with Crippen LogP contribution >= 0.6 is 0 Å². The first kappa shape index (κ1) is 48.4. The topological polar surface area (TPSA) is 8.72 Å². The van der Waals surface area contributed by atoms with Crippen molar-refractivity contribution in [2.75, 3.05) is 66.5 Å². The van der Waals surface area contributed by atoms with Gasteiger partial charge in [-0.1, -0.05) is 141 Å². The molecule has 0 aliphatic rings. The van der Waals surface area contributed by atoms with Crippen molar-refractivity contribution in [2.45, 2.75) is 194 Å². The van der Waals surface area contributed by atoms with E-state index in [-0.39, 0.29) is 0 Å². The molecule has 290 valence electrons. The largest absolute Gasteiger partial charge is 0.315 e. The van der Waals surface area contributed by atoms with Crippen molar-refractivity contribution in [1.82, 2.24) is 0 Å². The summed E-state index contributed by atoms with van der Waals surface area (Å²) in [5, 5.41) is 0. The summed E-state index contributed by atoms with van der Waals surface area (Å²) >= 11 is 0. The average Bonchev–Trinajstić information content (AvgIpc) is 3.12. The molecular formula is C46H88N4+2. The molecule has 0 aliphatic heterocycles. The lowest BCUT2D eigenvalue weighted by Gasteiger charge is -2.39. The molecule has 4 heteroatoms. The van der Waals surface area contributed by atoms with E-state index in [2.05, 4.69) is 61.9 Å². The van der Waals surface area contributed by atoms with Crippen molar-refractivity contribution in [3.8, 4) is 0 Å². The van der Waals surface area contributed by atoms with E-state index >= 15 is 0 Å². The minimum absolute atomic E-state index is 0.629. The molecule has 0 spiro atoms. The zero-order valence-electron chi connectivity index (χ0n) is 34.6. The van der Waals surface area contributed by atoms with Crippen LogP contribution in [-0.4, -0.2) is 75.4 Å². The number of rotatable bonds is 39. The van der Waals surface area contributed by atoms with Gasteiger partial charge in [0.2, 0.25) is 0 Å². The standard InChI is InChI=1S/C46H88N4/c1-7-9-11-13-15-17-19-21-23-25-27-29-31-33-35-37-41-49(5,43-39-47-3)45-46-50(6,44-40-48-4)42-38-36-34-32-30-28-26-24-22-20-18-16-14-12-10-8-2/h21-24H,7-20,25-46H2,1-2,5-6H3/q+2/b23-21-,24-22-. The van der Waals surface area contributed by atoms with Gasteiger partial charge < -0.3 is 18.7 Å². The Morgan fingerprint density at radius 3 is 0.880 bits per heavy atom. The SMILES string of the molecule is [C-]#[N+]CC[N+](C)(CCCCCCCC/C=C\CCCCCCCC)CC[N+](C)(CCCCCCCC/C=C\CCCCCCCC)CC[N+]#[C-]. The number of nitrogens with zero attached hydrogens (tertiary/aromatic N) is 4. The summed E-state index contributed by atoms with van der Waals surface area (Å²) in [6.07, 6.45) is 47.4. The van der Waals surface area contributed by atoms with Crippen LogP contribution in [0.4, 0.5) is 0 Å². The Morgan fingerprint density at radius 1 is 0.340 bits per heavy atom. The lowest BCUT2D eigenvalue weighted by Crippen LogP contribution is -2.56. The van der Waals surface area contributed by atoms with Crippen molar-refractivity contribution in [3.63, 3.8) is 0 Å². The summed E-state index contributed by atoms with van der Waals surface area (Å²) in [6.45, 7) is 27.3. The average molecular weight is 697 g/mol. The summed E-state index contributed by atoms with van der Waals surface area (Å²) in [7, 11) is 4.79. The van der Waals surface area contributed by atoms with Gasteiger partial charge in [-0.2, -0.15) is 0 Å². The molecule has 0 aliphatic carbocycles. The number of unbranched alkanes of at least 4 members (excludes halogenated alkanes) is 24. The molecule has 0 aromatic carbocycles. The number of allylic oxidation sites excluding steroid dienone is 4. The second-order valence-electron chi connectivity index (χ2n) is 16.2. The van der Waals surface area contributed by atoms with Crippen LogP contribution in [-0.2, 0) is 0 Å². The van der Waals surface area contributed by atoms with Crippen LogP contribution in [0, 0.1) is 13.1 Å². The first-order chi connectivity index (χ1) is 24.4. The zero-order chi connectivity index (χ0) is 36.7. The highest BCUT2D eigenvalue weighted by Gasteiger charge is 2.30. The molecule has 0 saturated carbocycles. The van der Waals surface area contributed by atoms with E-state index in [1.165, 1.54) is 193 Å². The van der Waals surface area contributed by atoms with E-state index in [0.29, 0.717) is 13.1 Å². The highest BCUT2D eigenvalue weighted by Crippen LogP contribution is 2.16. The molecule has 0 radical (unpaired) electrons. The van der Waals surface area contributed by atoms with Gasteiger partial charge >= 0.3 is 0 Å². The van der Waals surface area contributed by atoms with Crippen LogP contribution in [0.1, 0.15) is 194 Å². The predicted octanol–water partition coefficient (Wildman–Crippen LogP) is 13.8. The van der Waals surface area contributed by atoms with E-state index < -0.39 is 0 Å². The maximum atomic E-state index is 7.44. The molecule has 2 atom stereocenters. The highest BCUT2D eigenvalue weighted by atomic mass is 15.4. The lowest BCUT2D eigenvalue weighted by atomic mass is 10.1. The molecule has 0 aromatic heterocycles. The van der Waals surface area contributed by atoms with Gasteiger partial charge in [0.05, 0.1) is 27.2 Å². The molecule has 2 unspecified atom stereocenters. The van der Waals surface area contributed by atoms with Gasteiger partial charge in [-0.15, -0.1) is 0 Å². The Hall–Kier alpha value is -1.62. The predicted molar refractivity (Wildman–Crippen MR) is 223 cm³/mol. The molecule has 0 aromatic rings. The number of hydrogen-bond donors (Lipinski definition) is 0. The minimum atomic E-state index is 0.629. The fraction of sp³-hybridized carbons (Fsp3) is 0.870. The van der Waals surface area contributed by atoms with Crippen molar-refractivity contribution >= 4 is 0 Å². The molecule has 0 bridgehead atoms. The molecular weight excluding hydrogens is 609 g/mol. The smallest absolute Gasteiger partial charge is 0.262 e. The highest BCUT2D eigenvalue weighted by molar-refractivity contribution is 4.82. The van der Waals surface area contributed by atoms with Gasteiger partial charge in [0.15, 0.2) is 13.1 Å². The first-order valence-corrected chi connectivity index (χ1v) is 22.1. The molecule has 4 nitrogen and oxygen atoms in total. The second kappa shape index (κ2) is 37.1. The zero-order valence-corrected chi connectivity index (χ0v) is 34.6. The lowest BCUT2D eigenvalue weighted by molar-refractivity contribution is -0.962. The Labute approximate surface area is 315 Å². The molecule has 50 heavy (non-hydrogen) atoms. The monoisotopic (exact) mass is 697 g/mol. The molecule has 0 fully saturated rings. The Morgan fingerprint density at radius 2 is 0.600 bits per heavy atom. The summed E-state index contributed by atoms with van der Waals surface area (Å²) in [4.78, 5) is 7.49. The van der Waals surface area contributed by atoms with Gasteiger partial charge in [0.25, 0.3) is 13.1 Å². The summed E-state index contributed by atoms with van der Waals surface area (Å²) in [5.74, 6) is 0. The van der Waals surface area contributed by atoms with Gasteiger partial charge in [-0.05, 0) is 77.0 Å². The number of likely N-dealkylation sites (N-methyl/N-ethyl adjacent to an activating group) is 2. The van der Waals surface area contributed by atoms with E-state index in [0.717, 1.165) is 35.1 Å². The maximum absolute atomic E-state index is 7.44. The fourth-order valence-electron chi connectivity index (χ4n) is 7.22. The first-order valence-electron chi connectivity index (χ1n) is 22.1. The van der Waals surface area contributed by atoms with Crippen LogP contribution in [0.5, 0.6) is 0 Å². The quantitative estimate of drug-likeness (QED) is 0.0262. The van der Waals surface area contributed by atoms with Gasteiger partial charge in [0, 0.05) is 0 Å². The van der Waals surface area contributed by atoms with E-state index in [1.807, 2.05) is 0 Å². The normalized spacial score (nSPS) is 14.2. The van der Waals surface area contributed by atoms with Crippen LogP contribution in [0.15, 0.2) is 24.3 Å². The summed E-state index contributed by atoms with van der Waals surface area (Å²) < 4.78 is 2.04. The molecule has 0 heterocycles. The van der Waals surface area contributed by atoms with Crippen molar-refractivity contribution in [3.05, 3.63) is 47.1 Å². The van der Waals surface area contributed by atoms with E-state index in [4.69, 9.17) is 13.1 Å². The fourth-order valence-corrected chi connectivity index (χ4v) is 7.22.